The summed E-state index contributed by atoms with van der Waals surface area (Å²) in [7, 11) is 1.71. The number of hydrogen-bond donors (Lipinski definition) is 1. The van der Waals surface area contributed by atoms with E-state index >= 15 is 0 Å². The van der Waals surface area contributed by atoms with Gasteiger partial charge in [-0.3, -0.25) is 4.79 Å². The molecule has 2 nitrogen and oxygen atoms in total. The molecule has 2 rings (SSSR count). The topological polar surface area (TPSA) is 29.1 Å². The second-order valence-electron chi connectivity index (χ2n) is 4.73. The molecule has 1 aromatic rings. The molecule has 0 radical (unpaired) electrons. The summed E-state index contributed by atoms with van der Waals surface area (Å²) in [5, 5.41) is 2.72. The first-order valence-electron chi connectivity index (χ1n) is 5.98. The fourth-order valence-electron chi connectivity index (χ4n) is 2.17. The van der Waals surface area contributed by atoms with Gasteiger partial charge in [-0.2, -0.15) is 0 Å². The molecule has 1 atom stereocenters. The van der Waals surface area contributed by atoms with Gasteiger partial charge in [-0.05, 0) is 37.2 Å². The zero-order chi connectivity index (χ0) is 11.5. The molecule has 86 valence electrons. The van der Waals surface area contributed by atoms with Gasteiger partial charge in [0.05, 0.1) is 0 Å². The maximum Gasteiger partial charge on any atom is 0.220 e. The molecule has 1 aromatic carbocycles. The van der Waals surface area contributed by atoms with Gasteiger partial charge < -0.3 is 5.32 Å². The Bertz CT molecular complexity index is 365. The van der Waals surface area contributed by atoms with E-state index in [4.69, 9.17) is 0 Å². The van der Waals surface area contributed by atoms with E-state index < -0.39 is 0 Å². The lowest BCUT2D eigenvalue weighted by Gasteiger charge is -2.16. The Hall–Kier alpha value is -1.31. The van der Waals surface area contributed by atoms with Crippen LogP contribution in [0.25, 0.3) is 0 Å². The van der Waals surface area contributed by atoms with E-state index in [0.717, 1.165) is 5.92 Å². The molecule has 1 saturated carbocycles. The normalized spacial score (nSPS) is 16.9. The predicted molar refractivity (Wildman–Crippen MR) is 65.3 cm³/mol. The molecule has 1 aliphatic carbocycles. The van der Waals surface area contributed by atoms with E-state index in [2.05, 4.69) is 36.5 Å². The summed E-state index contributed by atoms with van der Waals surface area (Å²) in [6, 6.07) is 8.60. The zero-order valence-corrected chi connectivity index (χ0v) is 9.99. The van der Waals surface area contributed by atoms with Crippen LogP contribution in [0.1, 0.15) is 36.3 Å². The highest BCUT2D eigenvalue weighted by atomic mass is 16.1. The standard InChI is InChI=1S/C14H19NO/c1-10-3-5-11(6-4-10)13(12-7-8-12)9-14(16)15-2/h3-6,12-13H,7-9H2,1-2H3,(H,15,16). The third kappa shape index (κ3) is 2.63. The minimum Gasteiger partial charge on any atom is -0.359 e. The minimum atomic E-state index is 0.150. The molecule has 1 aliphatic rings. The highest BCUT2D eigenvalue weighted by Crippen LogP contribution is 2.44. The van der Waals surface area contributed by atoms with Crippen molar-refractivity contribution >= 4 is 5.91 Å². The van der Waals surface area contributed by atoms with E-state index in [0.29, 0.717) is 12.3 Å². The summed E-state index contributed by atoms with van der Waals surface area (Å²) in [6.07, 6.45) is 3.18. The Morgan fingerprint density at radius 3 is 2.50 bits per heavy atom. The van der Waals surface area contributed by atoms with Crippen molar-refractivity contribution < 1.29 is 4.79 Å². The average molecular weight is 217 g/mol. The van der Waals surface area contributed by atoms with E-state index in [1.807, 2.05) is 0 Å². The summed E-state index contributed by atoms with van der Waals surface area (Å²) < 4.78 is 0. The van der Waals surface area contributed by atoms with Crippen LogP contribution in [-0.4, -0.2) is 13.0 Å². The van der Waals surface area contributed by atoms with Crippen molar-refractivity contribution in [2.24, 2.45) is 5.92 Å². The molecule has 0 spiro atoms. The number of aryl methyl sites for hydroxylation is 1. The number of amides is 1. The van der Waals surface area contributed by atoms with Crippen LogP contribution in [0.4, 0.5) is 0 Å². The number of carbonyl (C=O) groups excluding carboxylic acids is 1. The van der Waals surface area contributed by atoms with Gasteiger partial charge in [-0.1, -0.05) is 29.8 Å². The van der Waals surface area contributed by atoms with E-state index in [-0.39, 0.29) is 5.91 Å². The summed E-state index contributed by atoms with van der Waals surface area (Å²) in [5.74, 6) is 1.29. The van der Waals surface area contributed by atoms with Crippen LogP contribution in [0.2, 0.25) is 0 Å². The van der Waals surface area contributed by atoms with Crippen molar-refractivity contribution in [2.45, 2.75) is 32.1 Å². The van der Waals surface area contributed by atoms with Gasteiger partial charge in [0, 0.05) is 13.5 Å². The number of nitrogens with one attached hydrogen (secondary N) is 1. The highest BCUT2D eigenvalue weighted by Gasteiger charge is 2.33. The number of rotatable bonds is 4. The summed E-state index contributed by atoms with van der Waals surface area (Å²) in [6.45, 7) is 2.09. The first-order valence-corrected chi connectivity index (χ1v) is 5.98. The third-order valence-corrected chi connectivity index (χ3v) is 3.38. The van der Waals surface area contributed by atoms with Crippen molar-refractivity contribution in [3.63, 3.8) is 0 Å². The van der Waals surface area contributed by atoms with Gasteiger partial charge in [-0.25, -0.2) is 0 Å². The molecule has 1 amide bonds. The van der Waals surface area contributed by atoms with E-state index in [1.54, 1.807) is 7.05 Å². The van der Waals surface area contributed by atoms with E-state index in [9.17, 15) is 4.79 Å². The molecule has 0 aromatic heterocycles. The van der Waals surface area contributed by atoms with Crippen LogP contribution in [0, 0.1) is 12.8 Å². The summed E-state index contributed by atoms with van der Waals surface area (Å²) in [4.78, 5) is 11.5. The Labute approximate surface area is 97.1 Å². The molecule has 1 fully saturated rings. The lowest BCUT2D eigenvalue weighted by molar-refractivity contribution is -0.121. The molecular formula is C14H19NO. The van der Waals surface area contributed by atoms with Crippen molar-refractivity contribution in [2.75, 3.05) is 7.05 Å². The minimum absolute atomic E-state index is 0.150. The number of hydrogen-bond acceptors (Lipinski definition) is 1. The van der Waals surface area contributed by atoms with Gasteiger partial charge in [0.15, 0.2) is 0 Å². The summed E-state index contributed by atoms with van der Waals surface area (Å²) >= 11 is 0. The van der Waals surface area contributed by atoms with Gasteiger partial charge in [0.25, 0.3) is 0 Å². The third-order valence-electron chi connectivity index (χ3n) is 3.38. The predicted octanol–water partition coefficient (Wildman–Crippen LogP) is 2.62. The molecule has 1 N–H and O–H groups in total. The fourth-order valence-corrected chi connectivity index (χ4v) is 2.17. The Balaban J connectivity index is 2.12. The molecule has 0 aliphatic heterocycles. The molecule has 0 heterocycles. The average Bonchev–Trinajstić information content (AvgIpc) is 3.11. The number of carbonyl (C=O) groups is 1. The summed E-state index contributed by atoms with van der Waals surface area (Å²) in [5.41, 5.74) is 2.59. The fraction of sp³-hybridized carbons (Fsp3) is 0.500. The lowest BCUT2D eigenvalue weighted by Crippen LogP contribution is -2.21. The molecule has 1 unspecified atom stereocenters. The van der Waals surface area contributed by atoms with Gasteiger partial charge in [0.2, 0.25) is 5.91 Å². The van der Waals surface area contributed by atoms with Gasteiger partial charge in [-0.15, -0.1) is 0 Å². The maximum absolute atomic E-state index is 11.5. The second-order valence-corrected chi connectivity index (χ2v) is 4.73. The van der Waals surface area contributed by atoms with Gasteiger partial charge in [0.1, 0.15) is 0 Å². The largest absolute Gasteiger partial charge is 0.359 e. The number of benzene rings is 1. The van der Waals surface area contributed by atoms with Crippen LogP contribution < -0.4 is 5.32 Å². The monoisotopic (exact) mass is 217 g/mol. The lowest BCUT2D eigenvalue weighted by atomic mass is 9.90. The van der Waals surface area contributed by atoms with Crippen molar-refractivity contribution in [1.82, 2.24) is 5.32 Å². The molecule has 16 heavy (non-hydrogen) atoms. The Morgan fingerprint density at radius 1 is 1.38 bits per heavy atom. The van der Waals surface area contributed by atoms with Gasteiger partial charge >= 0.3 is 0 Å². The van der Waals surface area contributed by atoms with Crippen LogP contribution in [0.15, 0.2) is 24.3 Å². The van der Waals surface area contributed by atoms with Crippen molar-refractivity contribution in [3.05, 3.63) is 35.4 Å². The first-order chi connectivity index (χ1) is 7.70. The van der Waals surface area contributed by atoms with Crippen molar-refractivity contribution in [3.8, 4) is 0 Å². The quantitative estimate of drug-likeness (QED) is 0.825. The Kier molecular flexibility index (Phi) is 3.28. The first kappa shape index (κ1) is 11.2. The van der Waals surface area contributed by atoms with Crippen LogP contribution in [0.3, 0.4) is 0 Å². The molecular weight excluding hydrogens is 198 g/mol. The van der Waals surface area contributed by atoms with Crippen LogP contribution in [0.5, 0.6) is 0 Å². The smallest absolute Gasteiger partial charge is 0.220 e. The molecule has 0 bridgehead atoms. The second kappa shape index (κ2) is 4.69. The zero-order valence-electron chi connectivity index (χ0n) is 9.99. The highest BCUT2D eigenvalue weighted by molar-refractivity contribution is 5.76. The van der Waals surface area contributed by atoms with E-state index in [1.165, 1.54) is 24.0 Å². The molecule has 0 saturated heterocycles. The molecule has 2 heteroatoms. The SMILES string of the molecule is CNC(=O)CC(c1ccc(C)cc1)C1CC1. The Morgan fingerprint density at radius 2 is 2.00 bits per heavy atom. The van der Waals surface area contributed by atoms with Crippen LogP contribution >= 0.6 is 0 Å². The van der Waals surface area contributed by atoms with Crippen LogP contribution in [-0.2, 0) is 4.79 Å². The maximum atomic E-state index is 11.5. The van der Waals surface area contributed by atoms with Crippen molar-refractivity contribution in [1.29, 1.82) is 0 Å².